The highest BCUT2D eigenvalue weighted by Gasteiger charge is 2.45. The molecule has 96 valence electrons. The summed E-state index contributed by atoms with van der Waals surface area (Å²) in [6.45, 7) is 2.04. The fraction of sp³-hybridized carbons (Fsp3) is 0.500. The average Bonchev–Trinajstić information content (AvgIpc) is 2.70. The summed E-state index contributed by atoms with van der Waals surface area (Å²) in [5.74, 6) is -1.87. The molecule has 0 radical (unpaired) electrons. The van der Waals surface area contributed by atoms with Gasteiger partial charge in [0, 0.05) is 25.1 Å². The normalized spacial score (nSPS) is 18.8. The van der Waals surface area contributed by atoms with E-state index >= 15 is 0 Å². The lowest BCUT2D eigenvalue weighted by molar-refractivity contribution is -0.0793. The van der Waals surface area contributed by atoms with E-state index in [1.54, 1.807) is 0 Å². The molecular weight excluding hydrogens is 238 g/mol. The molecule has 3 rings (SSSR count). The number of aromatic amines is 1. The monoisotopic (exact) mass is 252 g/mol. The number of aryl methyl sites for hydroxylation is 1. The molecule has 0 unspecified atom stereocenters. The largest absolute Gasteiger partial charge is 0.366 e. The highest BCUT2D eigenvalue weighted by Crippen LogP contribution is 2.39. The maximum absolute atomic E-state index is 12.8. The molecule has 4 nitrogen and oxygen atoms in total. The van der Waals surface area contributed by atoms with E-state index in [0.717, 1.165) is 23.0 Å². The van der Waals surface area contributed by atoms with Crippen LogP contribution in [0.3, 0.4) is 0 Å². The number of rotatable bonds is 3. The van der Waals surface area contributed by atoms with Crippen LogP contribution in [0, 0.1) is 0 Å². The van der Waals surface area contributed by atoms with E-state index < -0.39 is 5.92 Å². The smallest absolute Gasteiger partial charge is 0.252 e. The topological polar surface area (TPSA) is 53.6 Å². The zero-order valence-corrected chi connectivity index (χ0v) is 10.0. The third-order valence-electron chi connectivity index (χ3n) is 3.36. The molecule has 0 atom stereocenters. The second-order valence-corrected chi connectivity index (χ2v) is 4.72. The number of halogens is 2. The quantitative estimate of drug-likeness (QED) is 0.883. The summed E-state index contributed by atoms with van der Waals surface area (Å²) in [6.07, 6.45) is 3.94. The van der Waals surface area contributed by atoms with Gasteiger partial charge in [0.1, 0.15) is 17.8 Å². The molecule has 0 amide bonds. The number of alkyl halides is 2. The van der Waals surface area contributed by atoms with E-state index in [1.165, 1.54) is 6.33 Å². The van der Waals surface area contributed by atoms with Crippen molar-refractivity contribution in [3.63, 3.8) is 0 Å². The van der Waals surface area contributed by atoms with Crippen molar-refractivity contribution in [3.05, 3.63) is 18.1 Å². The van der Waals surface area contributed by atoms with E-state index in [9.17, 15) is 8.78 Å². The fourth-order valence-electron chi connectivity index (χ4n) is 2.37. The lowest BCUT2D eigenvalue weighted by Crippen LogP contribution is -2.44. The van der Waals surface area contributed by atoms with E-state index in [4.69, 9.17) is 0 Å². The van der Waals surface area contributed by atoms with Gasteiger partial charge in [-0.2, -0.15) is 0 Å². The first-order valence-corrected chi connectivity index (χ1v) is 6.04. The van der Waals surface area contributed by atoms with E-state index in [0.29, 0.717) is 5.82 Å². The van der Waals surface area contributed by atoms with Gasteiger partial charge in [-0.3, -0.25) is 0 Å². The van der Waals surface area contributed by atoms with Crippen molar-refractivity contribution in [1.29, 1.82) is 0 Å². The van der Waals surface area contributed by atoms with Crippen molar-refractivity contribution in [2.24, 2.45) is 0 Å². The summed E-state index contributed by atoms with van der Waals surface area (Å²) in [5, 5.41) is 4.00. The highest BCUT2D eigenvalue weighted by atomic mass is 19.3. The van der Waals surface area contributed by atoms with Gasteiger partial charge in [-0.05, 0) is 12.0 Å². The standard InChI is InChI=1S/C12H14F2N4/c1-2-7-5-15-10-9(7)11(17-6-16-10)18-8-3-12(13,14)4-8/h5-6,8H,2-4H2,1H3,(H2,15,16,17,18). The van der Waals surface area contributed by atoms with Crippen molar-refractivity contribution in [1.82, 2.24) is 15.0 Å². The van der Waals surface area contributed by atoms with Crippen LogP contribution in [0.5, 0.6) is 0 Å². The average molecular weight is 252 g/mol. The van der Waals surface area contributed by atoms with Gasteiger partial charge in [0.25, 0.3) is 5.92 Å². The highest BCUT2D eigenvalue weighted by molar-refractivity contribution is 5.90. The zero-order chi connectivity index (χ0) is 12.8. The van der Waals surface area contributed by atoms with Crippen LogP contribution in [0.4, 0.5) is 14.6 Å². The molecule has 1 fully saturated rings. The van der Waals surface area contributed by atoms with E-state index in [2.05, 4.69) is 20.3 Å². The van der Waals surface area contributed by atoms with E-state index in [1.807, 2.05) is 13.1 Å². The first-order valence-electron chi connectivity index (χ1n) is 6.04. The Morgan fingerprint density at radius 2 is 2.22 bits per heavy atom. The van der Waals surface area contributed by atoms with Gasteiger partial charge in [0.2, 0.25) is 0 Å². The van der Waals surface area contributed by atoms with Crippen molar-refractivity contribution >= 4 is 16.9 Å². The maximum atomic E-state index is 12.8. The number of nitrogens with one attached hydrogen (secondary N) is 2. The van der Waals surface area contributed by atoms with Gasteiger partial charge in [0.05, 0.1) is 5.39 Å². The molecule has 1 saturated carbocycles. The van der Waals surface area contributed by atoms with Gasteiger partial charge in [-0.15, -0.1) is 0 Å². The molecule has 2 aromatic rings. The van der Waals surface area contributed by atoms with Crippen LogP contribution >= 0.6 is 0 Å². The summed E-state index contributed by atoms with van der Waals surface area (Å²) in [4.78, 5) is 11.4. The third-order valence-corrected chi connectivity index (χ3v) is 3.36. The molecule has 0 bridgehead atoms. The van der Waals surface area contributed by atoms with Crippen LogP contribution in [0.1, 0.15) is 25.3 Å². The summed E-state index contributed by atoms with van der Waals surface area (Å²) in [7, 11) is 0. The van der Waals surface area contributed by atoms with E-state index in [-0.39, 0.29) is 18.9 Å². The summed E-state index contributed by atoms with van der Waals surface area (Å²) >= 11 is 0. The Hall–Kier alpha value is -1.72. The van der Waals surface area contributed by atoms with Gasteiger partial charge < -0.3 is 10.3 Å². The first-order chi connectivity index (χ1) is 8.59. The van der Waals surface area contributed by atoms with Crippen LogP contribution in [0.15, 0.2) is 12.5 Å². The van der Waals surface area contributed by atoms with Gasteiger partial charge in [-0.1, -0.05) is 6.92 Å². The molecule has 0 spiro atoms. The minimum atomic E-state index is -2.52. The predicted octanol–water partition coefficient (Wildman–Crippen LogP) is 2.73. The summed E-state index contributed by atoms with van der Waals surface area (Å²) < 4.78 is 25.6. The first kappa shape index (κ1) is 11.4. The Labute approximate surface area is 103 Å². The fourth-order valence-corrected chi connectivity index (χ4v) is 2.37. The van der Waals surface area contributed by atoms with Gasteiger partial charge >= 0.3 is 0 Å². The summed E-state index contributed by atoms with van der Waals surface area (Å²) in [6, 6.07) is -0.197. The van der Waals surface area contributed by atoms with Crippen LogP contribution in [-0.4, -0.2) is 26.9 Å². The lowest BCUT2D eigenvalue weighted by atomic mass is 9.88. The molecule has 2 aromatic heterocycles. The molecule has 0 aliphatic heterocycles. The number of H-pyrrole nitrogens is 1. The molecule has 1 aliphatic carbocycles. The number of nitrogens with zero attached hydrogens (tertiary/aromatic N) is 2. The minimum Gasteiger partial charge on any atom is -0.366 e. The van der Waals surface area contributed by atoms with Gasteiger partial charge in [-0.25, -0.2) is 18.7 Å². The lowest BCUT2D eigenvalue weighted by Gasteiger charge is -2.35. The molecule has 2 N–H and O–H groups in total. The maximum Gasteiger partial charge on any atom is 0.252 e. The third kappa shape index (κ3) is 1.81. The van der Waals surface area contributed by atoms with Crippen LogP contribution in [0.2, 0.25) is 0 Å². The Kier molecular flexibility index (Phi) is 2.46. The molecular formula is C12H14F2N4. The number of aromatic nitrogens is 3. The number of anilines is 1. The van der Waals surface area contributed by atoms with Crippen molar-refractivity contribution in [2.45, 2.75) is 38.2 Å². The minimum absolute atomic E-state index is 0.121. The summed E-state index contributed by atoms with van der Waals surface area (Å²) in [5.41, 5.74) is 1.84. The predicted molar refractivity (Wildman–Crippen MR) is 64.9 cm³/mol. The Morgan fingerprint density at radius 1 is 1.44 bits per heavy atom. The Bertz CT molecular complexity index is 570. The Balaban J connectivity index is 1.90. The second kappa shape index (κ2) is 3.90. The molecule has 18 heavy (non-hydrogen) atoms. The van der Waals surface area contributed by atoms with Gasteiger partial charge in [0.15, 0.2) is 0 Å². The second-order valence-electron chi connectivity index (χ2n) is 4.72. The SMILES string of the molecule is CCc1c[nH]c2ncnc(NC3CC(F)(F)C3)c12. The number of fused-ring (bicyclic) bond motifs is 1. The van der Waals surface area contributed by atoms with Crippen molar-refractivity contribution in [3.8, 4) is 0 Å². The Morgan fingerprint density at radius 3 is 2.89 bits per heavy atom. The molecule has 0 aromatic carbocycles. The molecule has 0 saturated heterocycles. The number of hydrogen-bond donors (Lipinski definition) is 2. The van der Waals surface area contributed by atoms with Crippen molar-refractivity contribution in [2.75, 3.05) is 5.32 Å². The number of hydrogen-bond acceptors (Lipinski definition) is 3. The van der Waals surface area contributed by atoms with Crippen LogP contribution in [-0.2, 0) is 6.42 Å². The molecule has 2 heterocycles. The molecule has 6 heteroatoms. The van der Waals surface area contributed by atoms with Crippen LogP contribution < -0.4 is 5.32 Å². The van der Waals surface area contributed by atoms with Crippen LogP contribution in [0.25, 0.3) is 11.0 Å². The van der Waals surface area contributed by atoms with Crippen molar-refractivity contribution < 1.29 is 8.78 Å². The zero-order valence-electron chi connectivity index (χ0n) is 10.0. The molecule has 1 aliphatic rings.